The van der Waals surface area contributed by atoms with Gasteiger partial charge in [-0.15, -0.1) is 0 Å². The van der Waals surface area contributed by atoms with Crippen LogP contribution in [-0.4, -0.2) is 27.7 Å². The van der Waals surface area contributed by atoms with Crippen LogP contribution in [0.25, 0.3) is 0 Å². The fourth-order valence-electron chi connectivity index (χ4n) is 1.85. The summed E-state index contributed by atoms with van der Waals surface area (Å²) < 4.78 is 17.7. The van der Waals surface area contributed by atoms with Gasteiger partial charge in [0.15, 0.2) is 0 Å². The average molecular weight is 263 g/mol. The minimum atomic E-state index is -2.59. The second kappa shape index (κ2) is 8.21. The van der Waals surface area contributed by atoms with E-state index in [1.54, 1.807) is 0 Å². The summed E-state index contributed by atoms with van der Waals surface area (Å²) in [6.45, 7) is 11.3. The summed E-state index contributed by atoms with van der Waals surface area (Å²) in [4.78, 5) is 0. The summed E-state index contributed by atoms with van der Waals surface area (Å²) in [6.07, 6.45) is 2.60. The molecule has 0 fully saturated rings. The highest BCUT2D eigenvalue weighted by atomic mass is 28.4. The van der Waals surface area contributed by atoms with Crippen molar-refractivity contribution in [2.75, 3.05) is 13.2 Å². The van der Waals surface area contributed by atoms with E-state index in [2.05, 4.69) is 6.92 Å². The Labute approximate surface area is 107 Å². The van der Waals surface area contributed by atoms with Crippen molar-refractivity contribution in [1.29, 1.82) is 0 Å². The lowest BCUT2D eigenvalue weighted by Gasteiger charge is -2.38. The molecule has 0 saturated carbocycles. The molecule has 0 amide bonds. The molecule has 0 aliphatic carbocycles. The van der Waals surface area contributed by atoms with Gasteiger partial charge in [-0.1, -0.05) is 27.2 Å². The standard InChI is InChI=1S/C12H29NO3Si/c1-6-11-12(13,7-2)16-17(10-5,14-8-3)15-9-4/h6-11,13H2,1-5H3. The topological polar surface area (TPSA) is 53.7 Å². The van der Waals surface area contributed by atoms with Crippen molar-refractivity contribution in [3.8, 4) is 0 Å². The molecule has 1 atom stereocenters. The number of hydrogen-bond acceptors (Lipinski definition) is 4. The van der Waals surface area contributed by atoms with E-state index < -0.39 is 14.5 Å². The number of rotatable bonds is 10. The highest BCUT2D eigenvalue weighted by molar-refractivity contribution is 6.60. The molecule has 2 N–H and O–H groups in total. The van der Waals surface area contributed by atoms with E-state index in [0.717, 1.165) is 25.3 Å². The van der Waals surface area contributed by atoms with Crippen LogP contribution in [0.3, 0.4) is 0 Å². The molecular formula is C12H29NO3Si. The summed E-state index contributed by atoms with van der Waals surface area (Å²) in [5.41, 5.74) is 5.67. The van der Waals surface area contributed by atoms with Crippen LogP contribution in [0.1, 0.15) is 53.9 Å². The molecule has 0 radical (unpaired) electrons. The van der Waals surface area contributed by atoms with E-state index in [1.807, 2.05) is 27.7 Å². The average Bonchev–Trinajstić information content (AvgIpc) is 2.30. The Balaban J connectivity index is 4.79. The molecule has 4 nitrogen and oxygen atoms in total. The Kier molecular flexibility index (Phi) is 8.24. The predicted octanol–water partition coefficient (Wildman–Crippen LogP) is 2.90. The first-order valence-electron chi connectivity index (χ1n) is 6.78. The van der Waals surface area contributed by atoms with E-state index in [0.29, 0.717) is 13.2 Å². The Morgan fingerprint density at radius 1 is 1.00 bits per heavy atom. The molecule has 0 aliphatic heterocycles. The second-order valence-electron chi connectivity index (χ2n) is 4.17. The first kappa shape index (κ1) is 17.1. The van der Waals surface area contributed by atoms with Crippen LogP contribution in [-0.2, 0) is 13.3 Å². The summed E-state index contributed by atoms with van der Waals surface area (Å²) in [5.74, 6) is 0. The lowest BCUT2D eigenvalue weighted by molar-refractivity contribution is -0.0338. The van der Waals surface area contributed by atoms with Crippen LogP contribution in [0, 0.1) is 0 Å². The van der Waals surface area contributed by atoms with Crippen molar-refractivity contribution in [3.05, 3.63) is 0 Å². The third-order valence-electron chi connectivity index (χ3n) is 2.79. The fourth-order valence-corrected chi connectivity index (χ4v) is 4.35. The van der Waals surface area contributed by atoms with Gasteiger partial charge in [0, 0.05) is 19.3 Å². The van der Waals surface area contributed by atoms with Gasteiger partial charge in [-0.2, -0.15) is 0 Å². The van der Waals surface area contributed by atoms with Crippen molar-refractivity contribution in [1.82, 2.24) is 0 Å². The van der Waals surface area contributed by atoms with Gasteiger partial charge in [0.2, 0.25) is 0 Å². The Hall–Kier alpha value is 0.0569. The largest absolute Gasteiger partial charge is 0.502 e. The summed E-state index contributed by atoms with van der Waals surface area (Å²) in [6, 6.07) is 0.761. The SMILES string of the molecule is CCCC(N)(CC)O[Si](CC)(OCC)OCC. The molecule has 0 aliphatic rings. The molecule has 0 saturated heterocycles. The molecule has 0 bridgehead atoms. The molecule has 104 valence electrons. The van der Waals surface area contributed by atoms with Crippen molar-refractivity contribution in [2.24, 2.45) is 5.73 Å². The molecule has 0 aromatic rings. The first-order chi connectivity index (χ1) is 8.01. The Morgan fingerprint density at radius 2 is 1.53 bits per heavy atom. The lowest BCUT2D eigenvalue weighted by atomic mass is 10.1. The summed E-state index contributed by atoms with van der Waals surface area (Å²) in [5, 5.41) is 0. The van der Waals surface area contributed by atoms with Crippen LogP contribution < -0.4 is 5.73 Å². The predicted molar refractivity (Wildman–Crippen MR) is 72.7 cm³/mol. The molecule has 0 spiro atoms. The van der Waals surface area contributed by atoms with Gasteiger partial charge in [-0.25, -0.2) is 0 Å². The van der Waals surface area contributed by atoms with Crippen LogP contribution in [0.5, 0.6) is 0 Å². The molecule has 17 heavy (non-hydrogen) atoms. The highest BCUT2D eigenvalue weighted by Gasteiger charge is 2.44. The lowest BCUT2D eigenvalue weighted by Crippen LogP contribution is -2.56. The second-order valence-corrected chi connectivity index (χ2v) is 7.03. The number of nitrogens with two attached hydrogens (primary N) is 1. The van der Waals surface area contributed by atoms with Gasteiger partial charge in [-0.05, 0) is 26.7 Å². The quantitative estimate of drug-likeness (QED) is 0.486. The smallest absolute Gasteiger partial charge is 0.374 e. The minimum Gasteiger partial charge on any atom is -0.374 e. The molecule has 0 rings (SSSR count). The van der Waals surface area contributed by atoms with E-state index in [1.165, 1.54) is 0 Å². The minimum absolute atomic E-state index is 0.603. The van der Waals surface area contributed by atoms with Gasteiger partial charge in [0.05, 0.1) is 0 Å². The van der Waals surface area contributed by atoms with Crippen molar-refractivity contribution < 1.29 is 13.3 Å². The van der Waals surface area contributed by atoms with Crippen molar-refractivity contribution in [2.45, 2.75) is 65.7 Å². The van der Waals surface area contributed by atoms with Gasteiger partial charge >= 0.3 is 8.80 Å². The van der Waals surface area contributed by atoms with Crippen LogP contribution >= 0.6 is 0 Å². The van der Waals surface area contributed by atoms with E-state index in [9.17, 15) is 0 Å². The van der Waals surface area contributed by atoms with E-state index in [4.69, 9.17) is 19.0 Å². The maximum atomic E-state index is 6.28. The first-order valence-corrected chi connectivity index (χ1v) is 8.71. The van der Waals surface area contributed by atoms with Crippen LogP contribution in [0.2, 0.25) is 6.04 Å². The third kappa shape index (κ3) is 5.48. The van der Waals surface area contributed by atoms with Gasteiger partial charge in [-0.3, -0.25) is 0 Å². The van der Waals surface area contributed by atoms with Gasteiger partial charge < -0.3 is 19.0 Å². The van der Waals surface area contributed by atoms with Crippen molar-refractivity contribution >= 4 is 8.80 Å². The monoisotopic (exact) mass is 263 g/mol. The van der Waals surface area contributed by atoms with E-state index >= 15 is 0 Å². The van der Waals surface area contributed by atoms with E-state index in [-0.39, 0.29) is 0 Å². The summed E-state index contributed by atoms with van der Waals surface area (Å²) >= 11 is 0. The molecule has 0 aromatic heterocycles. The molecule has 5 heteroatoms. The third-order valence-corrected chi connectivity index (χ3v) is 5.83. The summed E-state index contributed by atoms with van der Waals surface area (Å²) in [7, 11) is -2.59. The normalized spacial score (nSPS) is 15.9. The Bertz CT molecular complexity index is 198. The van der Waals surface area contributed by atoms with Gasteiger partial charge in [0.25, 0.3) is 0 Å². The van der Waals surface area contributed by atoms with Crippen molar-refractivity contribution in [3.63, 3.8) is 0 Å². The van der Waals surface area contributed by atoms with Gasteiger partial charge in [0.1, 0.15) is 5.72 Å². The fraction of sp³-hybridized carbons (Fsp3) is 1.00. The zero-order valence-electron chi connectivity index (χ0n) is 12.0. The zero-order chi connectivity index (χ0) is 13.4. The van der Waals surface area contributed by atoms with Crippen LogP contribution in [0.15, 0.2) is 0 Å². The maximum absolute atomic E-state index is 6.28. The number of hydrogen-bond donors (Lipinski definition) is 1. The van der Waals surface area contributed by atoms with Crippen LogP contribution in [0.4, 0.5) is 0 Å². The molecule has 1 unspecified atom stereocenters. The zero-order valence-corrected chi connectivity index (χ0v) is 13.0. The Morgan fingerprint density at radius 3 is 1.82 bits per heavy atom. The molecule has 0 heterocycles. The maximum Gasteiger partial charge on any atom is 0.502 e. The molecule has 0 aromatic carbocycles. The highest BCUT2D eigenvalue weighted by Crippen LogP contribution is 2.25. The molecular weight excluding hydrogens is 234 g/mol.